The zero-order chi connectivity index (χ0) is 13.0. The van der Waals surface area contributed by atoms with Crippen molar-refractivity contribution in [1.29, 1.82) is 0 Å². The van der Waals surface area contributed by atoms with E-state index in [0.717, 1.165) is 32.6 Å². The Morgan fingerprint density at radius 2 is 1.84 bits per heavy atom. The Kier molecular flexibility index (Phi) is 7.11. The topological polar surface area (TPSA) is 35.6 Å². The van der Waals surface area contributed by atoms with Gasteiger partial charge in [0.05, 0.1) is 5.92 Å². The van der Waals surface area contributed by atoms with E-state index in [2.05, 4.69) is 29.2 Å². The van der Waals surface area contributed by atoms with Gasteiger partial charge < -0.3 is 15.1 Å². The van der Waals surface area contributed by atoms with Gasteiger partial charge in [-0.15, -0.1) is 12.4 Å². The fourth-order valence-corrected chi connectivity index (χ4v) is 3.10. The maximum absolute atomic E-state index is 12.6. The van der Waals surface area contributed by atoms with E-state index in [4.69, 9.17) is 0 Å². The molecule has 0 aromatic carbocycles. The van der Waals surface area contributed by atoms with Crippen LogP contribution >= 0.6 is 12.4 Å². The van der Waals surface area contributed by atoms with Crippen LogP contribution < -0.4 is 5.32 Å². The van der Waals surface area contributed by atoms with Crippen molar-refractivity contribution in [2.24, 2.45) is 5.92 Å². The van der Waals surface area contributed by atoms with Gasteiger partial charge in [0, 0.05) is 25.7 Å². The van der Waals surface area contributed by atoms with Crippen LogP contribution in [0.2, 0.25) is 0 Å². The quantitative estimate of drug-likeness (QED) is 0.830. The molecule has 1 heterocycles. The molecule has 0 aromatic rings. The van der Waals surface area contributed by atoms with Crippen LogP contribution in [-0.4, -0.2) is 62.0 Å². The Bertz CT molecular complexity index is 274. The fraction of sp³-hybridized carbons (Fsp3) is 0.929. The third-order valence-electron chi connectivity index (χ3n) is 4.25. The number of likely N-dealkylation sites (N-methyl/N-ethyl adjacent to an activating group) is 1. The van der Waals surface area contributed by atoms with Crippen molar-refractivity contribution in [2.75, 3.05) is 40.3 Å². The summed E-state index contributed by atoms with van der Waals surface area (Å²) in [4.78, 5) is 17.0. The summed E-state index contributed by atoms with van der Waals surface area (Å²) in [5, 5.41) is 3.31. The van der Waals surface area contributed by atoms with Crippen LogP contribution in [0.1, 0.15) is 32.1 Å². The summed E-state index contributed by atoms with van der Waals surface area (Å²) in [7, 11) is 4.16. The molecule has 1 amide bonds. The van der Waals surface area contributed by atoms with Gasteiger partial charge in [-0.1, -0.05) is 12.8 Å². The van der Waals surface area contributed by atoms with Crippen molar-refractivity contribution in [3.63, 3.8) is 0 Å². The molecule has 0 bridgehead atoms. The summed E-state index contributed by atoms with van der Waals surface area (Å²) in [6, 6.07) is 0.512. The molecular weight excluding hydrogens is 262 g/mol. The maximum Gasteiger partial charge on any atom is 0.227 e. The molecule has 2 aliphatic rings. The van der Waals surface area contributed by atoms with Crippen LogP contribution in [-0.2, 0) is 4.79 Å². The lowest BCUT2D eigenvalue weighted by molar-refractivity contribution is -0.137. The zero-order valence-corrected chi connectivity index (χ0v) is 13.0. The normalized spacial score (nSPS) is 23.6. The molecule has 19 heavy (non-hydrogen) atoms. The summed E-state index contributed by atoms with van der Waals surface area (Å²) >= 11 is 0. The monoisotopic (exact) mass is 289 g/mol. The molecule has 1 atom stereocenters. The number of nitrogens with one attached hydrogen (secondary N) is 1. The number of hydrogen-bond acceptors (Lipinski definition) is 3. The van der Waals surface area contributed by atoms with Gasteiger partial charge in [-0.3, -0.25) is 4.79 Å². The van der Waals surface area contributed by atoms with Crippen molar-refractivity contribution in [3.05, 3.63) is 0 Å². The Morgan fingerprint density at radius 1 is 1.16 bits per heavy atom. The highest BCUT2D eigenvalue weighted by molar-refractivity contribution is 5.85. The number of carbonyl (C=O) groups is 1. The van der Waals surface area contributed by atoms with Crippen molar-refractivity contribution in [2.45, 2.75) is 38.1 Å². The molecule has 112 valence electrons. The third-order valence-corrected chi connectivity index (χ3v) is 4.25. The summed E-state index contributed by atoms with van der Waals surface area (Å²) < 4.78 is 0. The highest BCUT2D eigenvalue weighted by atomic mass is 35.5. The largest absolute Gasteiger partial charge is 0.338 e. The van der Waals surface area contributed by atoms with Gasteiger partial charge >= 0.3 is 0 Å². The van der Waals surface area contributed by atoms with Crippen LogP contribution in [0, 0.1) is 5.92 Å². The predicted octanol–water partition coefficient (Wildman–Crippen LogP) is 1.35. The Morgan fingerprint density at radius 3 is 2.37 bits per heavy atom. The zero-order valence-electron chi connectivity index (χ0n) is 12.2. The van der Waals surface area contributed by atoms with Crippen LogP contribution in [0.3, 0.4) is 0 Å². The van der Waals surface area contributed by atoms with Crippen LogP contribution in [0.15, 0.2) is 0 Å². The van der Waals surface area contributed by atoms with Gasteiger partial charge in [0.15, 0.2) is 0 Å². The molecule has 1 saturated carbocycles. The summed E-state index contributed by atoms with van der Waals surface area (Å²) in [6.45, 7) is 3.75. The minimum atomic E-state index is 0. The second-order valence-corrected chi connectivity index (χ2v) is 5.96. The second kappa shape index (κ2) is 8.08. The molecule has 1 N–H and O–H groups in total. The molecule has 1 aliphatic carbocycles. The average Bonchev–Trinajstić information content (AvgIpc) is 3.01. The Labute approximate surface area is 123 Å². The number of nitrogens with zero attached hydrogens (tertiary/aromatic N) is 2. The molecule has 5 heteroatoms. The molecule has 2 fully saturated rings. The molecule has 0 spiro atoms. The SMILES string of the molecule is CN(C)CCN(C(=O)C1CCNC1)C1CCCC1.Cl. The summed E-state index contributed by atoms with van der Waals surface area (Å²) in [5.41, 5.74) is 0. The average molecular weight is 290 g/mol. The maximum atomic E-state index is 12.6. The molecule has 0 aromatic heterocycles. The van der Waals surface area contributed by atoms with E-state index >= 15 is 0 Å². The molecule has 1 unspecified atom stereocenters. The first-order valence-corrected chi connectivity index (χ1v) is 7.34. The van der Waals surface area contributed by atoms with E-state index in [9.17, 15) is 4.79 Å². The first kappa shape index (κ1) is 16.7. The van der Waals surface area contributed by atoms with E-state index in [0.29, 0.717) is 11.9 Å². The molecule has 2 rings (SSSR count). The number of halogens is 1. The first-order valence-electron chi connectivity index (χ1n) is 7.34. The number of hydrogen-bond donors (Lipinski definition) is 1. The smallest absolute Gasteiger partial charge is 0.227 e. The fourth-order valence-electron chi connectivity index (χ4n) is 3.10. The van der Waals surface area contributed by atoms with Gasteiger partial charge in [-0.05, 0) is 39.9 Å². The standard InChI is InChI=1S/C14H27N3O.ClH/c1-16(2)9-10-17(13-5-3-4-6-13)14(18)12-7-8-15-11-12;/h12-13,15H,3-11H2,1-2H3;1H. The highest BCUT2D eigenvalue weighted by Crippen LogP contribution is 2.25. The van der Waals surface area contributed by atoms with Crippen molar-refractivity contribution >= 4 is 18.3 Å². The molecule has 4 nitrogen and oxygen atoms in total. The first-order chi connectivity index (χ1) is 8.68. The minimum absolute atomic E-state index is 0. The van der Waals surface area contributed by atoms with E-state index < -0.39 is 0 Å². The van der Waals surface area contributed by atoms with E-state index in [-0.39, 0.29) is 18.3 Å². The third kappa shape index (κ3) is 4.62. The summed E-state index contributed by atoms with van der Waals surface area (Å²) in [5.74, 6) is 0.626. The van der Waals surface area contributed by atoms with E-state index in [1.807, 2.05) is 0 Å². The lowest BCUT2D eigenvalue weighted by Gasteiger charge is -2.32. The predicted molar refractivity (Wildman–Crippen MR) is 80.7 cm³/mol. The minimum Gasteiger partial charge on any atom is -0.338 e. The lowest BCUT2D eigenvalue weighted by atomic mass is 10.1. The number of carbonyl (C=O) groups excluding carboxylic acids is 1. The molecular formula is C14H28ClN3O. The van der Waals surface area contributed by atoms with Crippen molar-refractivity contribution < 1.29 is 4.79 Å². The van der Waals surface area contributed by atoms with Gasteiger partial charge in [0.1, 0.15) is 0 Å². The number of amides is 1. The van der Waals surface area contributed by atoms with Gasteiger partial charge in [-0.25, -0.2) is 0 Å². The molecule has 1 aliphatic heterocycles. The Hall–Kier alpha value is -0.320. The Balaban J connectivity index is 0.00000180. The van der Waals surface area contributed by atoms with Crippen LogP contribution in [0.25, 0.3) is 0 Å². The number of rotatable bonds is 5. The lowest BCUT2D eigenvalue weighted by Crippen LogP contribution is -2.46. The van der Waals surface area contributed by atoms with E-state index in [1.165, 1.54) is 25.7 Å². The van der Waals surface area contributed by atoms with Gasteiger partial charge in [0.2, 0.25) is 5.91 Å². The molecule has 0 radical (unpaired) electrons. The van der Waals surface area contributed by atoms with Crippen molar-refractivity contribution in [3.8, 4) is 0 Å². The van der Waals surface area contributed by atoms with Crippen molar-refractivity contribution in [1.82, 2.24) is 15.1 Å². The van der Waals surface area contributed by atoms with Gasteiger partial charge in [0.25, 0.3) is 0 Å². The second-order valence-electron chi connectivity index (χ2n) is 5.96. The highest BCUT2D eigenvalue weighted by Gasteiger charge is 2.32. The molecule has 1 saturated heterocycles. The van der Waals surface area contributed by atoms with Crippen LogP contribution in [0.4, 0.5) is 0 Å². The van der Waals surface area contributed by atoms with E-state index in [1.54, 1.807) is 0 Å². The van der Waals surface area contributed by atoms with Crippen LogP contribution in [0.5, 0.6) is 0 Å². The van der Waals surface area contributed by atoms with Gasteiger partial charge in [-0.2, -0.15) is 0 Å². The summed E-state index contributed by atoms with van der Waals surface area (Å²) in [6.07, 6.45) is 6.02.